The monoisotopic (exact) mass is 268 g/mol. The van der Waals surface area contributed by atoms with Crippen LogP contribution < -0.4 is 0 Å². The van der Waals surface area contributed by atoms with Crippen LogP contribution in [0.1, 0.15) is 0 Å². The lowest BCUT2D eigenvalue weighted by molar-refractivity contribution is 0.451. The predicted octanol–water partition coefficient (Wildman–Crippen LogP) is 3.09. The Labute approximate surface area is 105 Å². The maximum absolute atomic E-state index is 9.47. The SMILES string of the molecule is CSc1nsc(N=Nc2ccc(O)cc2O)n1. The van der Waals surface area contributed by atoms with Gasteiger partial charge in [-0.15, -0.1) is 10.2 Å². The van der Waals surface area contributed by atoms with Crippen LogP contribution >= 0.6 is 23.3 Å². The predicted molar refractivity (Wildman–Crippen MR) is 65.6 cm³/mol. The van der Waals surface area contributed by atoms with Crippen LogP contribution in [-0.4, -0.2) is 25.8 Å². The van der Waals surface area contributed by atoms with Crippen molar-refractivity contribution in [1.29, 1.82) is 0 Å². The molecule has 6 nitrogen and oxygen atoms in total. The highest BCUT2D eigenvalue weighted by atomic mass is 32.2. The number of rotatable bonds is 3. The van der Waals surface area contributed by atoms with Crippen molar-refractivity contribution in [3.63, 3.8) is 0 Å². The number of hydrogen-bond acceptors (Lipinski definition) is 8. The van der Waals surface area contributed by atoms with Gasteiger partial charge in [0.15, 0.2) is 0 Å². The van der Waals surface area contributed by atoms with Gasteiger partial charge in [-0.3, -0.25) is 0 Å². The zero-order valence-electron chi connectivity index (χ0n) is 8.73. The van der Waals surface area contributed by atoms with Crippen LogP contribution in [0.2, 0.25) is 0 Å². The Kier molecular flexibility index (Phi) is 3.55. The van der Waals surface area contributed by atoms with E-state index in [-0.39, 0.29) is 17.2 Å². The molecule has 2 aromatic rings. The van der Waals surface area contributed by atoms with Crippen molar-refractivity contribution in [1.82, 2.24) is 9.36 Å². The number of aromatic nitrogens is 2. The molecule has 0 radical (unpaired) electrons. The first kappa shape index (κ1) is 11.8. The lowest BCUT2D eigenvalue weighted by Gasteiger charge is -1.96. The number of aromatic hydroxyl groups is 2. The number of hydrogen-bond donors (Lipinski definition) is 2. The van der Waals surface area contributed by atoms with Crippen molar-refractivity contribution in [3.8, 4) is 11.5 Å². The van der Waals surface area contributed by atoms with Gasteiger partial charge in [-0.2, -0.15) is 9.36 Å². The van der Waals surface area contributed by atoms with Gasteiger partial charge in [0.2, 0.25) is 10.3 Å². The molecule has 0 fully saturated rings. The first-order chi connectivity index (χ1) is 8.19. The fraction of sp³-hybridized carbons (Fsp3) is 0.111. The van der Waals surface area contributed by atoms with Crippen LogP contribution in [0.3, 0.4) is 0 Å². The van der Waals surface area contributed by atoms with Gasteiger partial charge in [0.25, 0.3) is 0 Å². The second-order valence-corrected chi connectivity index (χ2v) is 4.44. The molecule has 1 aromatic carbocycles. The fourth-order valence-corrected chi connectivity index (χ4v) is 2.07. The van der Waals surface area contributed by atoms with E-state index in [0.717, 1.165) is 11.5 Å². The summed E-state index contributed by atoms with van der Waals surface area (Å²) < 4.78 is 4.02. The maximum atomic E-state index is 9.47. The molecule has 0 spiro atoms. The highest BCUT2D eigenvalue weighted by Gasteiger charge is 2.03. The summed E-state index contributed by atoms with van der Waals surface area (Å²) in [6, 6.07) is 4.08. The summed E-state index contributed by atoms with van der Waals surface area (Å²) in [6.45, 7) is 0. The zero-order chi connectivity index (χ0) is 12.3. The Balaban J connectivity index is 2.19. The van der Waals surface area contributed by atoms with Crippen LogP contribution in [-0.2, 0) is 0 Å². The van der Waals surface area contributed by atoms with Crippen molar-refractivity contribution in [2.24, 2.45) is 10.2 Å². The van der Waals surface area contributed by atoms with Gasteiger partial charge in [0.1, 0.15) is 17.2 Å². The molecule has 0 atom stereocenters. The minimum Gasteiger partial charge on any atom is -0.508 e. The van der Waals surface area contributed by atoms with Gasteiger partial charge in [0, 0.05) is 17.6 Å². The van der Waals surface area contributed by atoms with Crippen LogP contribution in [0.4, 0.5) is 10.8 Å². The average Bonchev–Trinajstić information content (AvgIpc) is 2.76. The Bertz CT molecular complexity index is 556. The van der Waals surface area contributed by atoms with Gasteiger partial charge < -0.3 is 10.2 Å². The third-order valence-electron chi connectivity index (χ3n) is 1.78. The molecule has 0 aliphatic rings. The molecule has 0 aliphatic carbocycles. The third kappa shape index (κ3) is 2.92. The topological polar surface area (TPSA) is 91.0 Å². The standard InChI is InChI=1S/C9H8N4O2S2/c1-16-9-10-8(17-13-9)12-11-6-3-2-5(14)4-7(6)15/h2-4,14-15H,1H3. The minimum absolute atomic E-state index is 0.0259. The maximum Gasteiger partial charge on any atom is 0.250 e. The number of thioether (sulfide) groups is 1. The van der Waals surface area contributed by atoms with E-state index >= 15 is 0 Å². The Morgan fingerprint density at radius 2 is 2.12 bits per heavy atom. The molecule has 1 aromatic heterocycles. The van der Waals surface area contributed by atoms with Crippen molar-refractivity contribution in [2.45, 2.75) is 5.16 Å². The summed E-state index contributed by atoms with van der Waals surface area (Å²) in [5.74, 6) is -0.162. The molecule has 2 N–H and O–H groups in total. The van der Waals surface area contributed by atoms with E-state index in [2.05, 4.69) is 19.6 Å². The molecule has 0 aliphatic heterocycles. The van der Waals surface area contributed by atoms with Gasteiger partial charge in [-0.1, -0.05) is 11.8 Å². The van der Waals surface area contributed by atoms with Crippen LogP contribution in [0.15, 0.2) is 33.6 Å². The minimum atomic E-state index is -0.136. The van der Waals surface area contributed by atoms with Crippen LogP contribution in [0.5, 0.6) is 11.5 Å². The second-order valence-electron chi connectivity index (χ2n) is 2.94. The zero-order valence-corrected chi connectivity index (χ0v) is 10.4. The van der Waals surface area contributed by atoms with Gasteiger partial charge in [-0.25, -0.2) is 0 Å². The summed E-state index contributed by atoms with van der Waals surface area (Å²) in [5, 5.41) is 27.3. The quantitative estimate of drug-likeness (QED) is 0.659. The van der Waals surface area contributed by atoms with E-state index in [4.69, 9.17) is 5.11 Å². The number of azo groups is 1. The summed E-state index contributed by atoms with van der Waals surface area (Å²) in [6.07, 6.45) is 1.87. The molecule has 17 heavy (non-hydrogen) atoms. The first-order valence-electron chi connectivity index (χ1n) is 4.50. The van der Waals surface area contributed by atoms with Crippen molar-refractivity contribution < 1.29 is 10.2 Å². The largest absolute Gasteiger partial charge is 0.508 e. The van der Waals surface area contributed by atoms with Gasteiger partial charge >= 0.3 is 0 Å². The van der Waals surface area contributed by atoms with E-state index in [9.17, 15) is 5.11 Å². The van der Waals surface area contributed by atoms with Gasteiger partial charge in [0.05, 0.1) is 0 Å². The normalized spacial score (nSPS) is 11.1. The molecule has 0 bridgehead atoms. The summed E-state index contributed by atoms with van der Waals surface area (Å²) in [4.78, 5) is 4.07. The molecule has 1 heterocycles. The molecule has 0 saturated carbocycles. The van der Waals surface area contributed by atoms with E-state index in [0.29, 0.717) is 10.3 Å². The van der Waals surface area contributed by atoms with E-state index in [1.54, 1.807) is 0 Å². The Morgan fingerprint density at radius 1 is 1.29 bits per heavy atom. The number of nitrogens with zero attached hydrogens (tertiary/aromatic N) is 4. The van der Waals surface area contributed by atoms with E-state index in [1.807, 2.05) is 6.26 Å². The number of benzene rings is 1. The fourth-order valence-electron chi connectivity index (χ4n) is 1.02. The number of phenolic OH excluding ortho intramolecular Hbond substituents is 2. The molecular weight excluding hydrogens is 260 g/mol. The lowest BCUT2D eigenvalue weighted by atomic mass is 10.3. The van der Waals surface area contributed by atoms with Crippen molar-refractivity contribution in [2.75, 3.05) is 6.26 Å². The Hall–Kier alpha value is -1.67. The molecule has 0 unspecified atom stereocenters. The molecule has 2 rings (SSSR count). The average molecular weight is 268 g/mol. The van der Waals surface area contributed by atoms with Crippen molar-refractivity contribution in [3.05, 3.63) is 18.2 Å². The second kappa shape index (κ2) is 5.11. The van der Waals surface area contributed by atoms with E-state index in [1.165, 1.54) is 30.0 Å². The summed E-state index contributed by atoms with van der Waals surface area (Å²) in [5.41, 5.74) is 0.267. The molecule has 88 valence electrons. The smallest absolute Gasteiger partial charge is 0.250 e. The Morgan fingerprint density at radius 3 is 2.76 bits per heavy atom. The molecule has 8 heteroatoms. The molecule has 0 amide bonds. The third-order valence-corrected chi connectivity index (χ3v) is 3.05. The van der Waals surface area contributed by atoms with Crippen LogP contribution in [0, 0.1) is 0 Å². The van der Waals surface area contributed by atoms with Gasteiger partial charge in [-0.05, 0) is 18.4 Å². The highest BCUT2D eigenvalue weighted by Crippen LogP contribution is 2.31. The molecule has 0 saturated heterocycles. The summed E-state index contributed by atoms with van der Waals surface area (Å²) >= 11 is 2.55. The van der Waals surface area contributed by atoms with E-state index < -0.39 is 0 Å². The summed E-state index contributed by atoms with van der Waals surface area (Å²) in [7, 11) is 0. The van der Waals surface area contributed by atoms with Crippen LogP contribution in [0.25, 0.3) is 0 Å². The molecular formula is C9H8N4O2S2. The van der Waals surface area contributed by atoms with Crippen molar-refractivity contribution >= 4 is 34.1 Å². The lowest BCUT2D eigenvalue weighted by Crippen LogP contribution is -1.69. The highest BCUT2D eigenvalue weighted by molar-refractivity contribution is 7.98. The first-order valence-corrected chi connectivity index (χ1v) is 6.50. The number of phenols is 2.